The van der Waals surface area contributed by atoms with Gasteiger partial charge in [-0.1, -0.05) is 419 Å². The van der Waals surface area contributed by atoms with Gasteiger partial charge in [-0.15, -0.1) is 0 Å². The van der Waals surface area contributed by atoms with E-state index in [4.69, 9.17) is 18.5 Å². The predicted octanol–water partition coefficient (Wildman–Crippen LogP) is 29.7. The molecule has 0 spiro atoms. The number of phosphoric acid groups is 1. The van der Waals surface area contributed by atoms with Crippen molar-refractivity contribution in [1.29, 1.82) is 0 Å². The molecule has 2 unspecified atom stereocenters. The molecule has 9 nitrogen and oxygen atoms in total. The Labute approximate surface area is 646 Å². The van der Waals surface area contributed by atoms with Crippen molar-refractivity contribution < 1.29 is 42.1 Å². The number of likely N-dealkylation sites (N-methyl/N-ethyl adjacent to an activating group) is 1. The smallest absolute Gasteiger partial charge is 0.306 e. The van der Waals surface area contributed by atoms with Gasteiger partial charge in [-0.2, -0.15) is 0 Å². The van der Waals surface area contributed by atoms with Crippen LogP contribution in [0.3, 0.4) is 0 Å². The Balaban J connectivity index is 3.88. The van der Waals surface area contributed by atoms with Crippen LogP contribution in [-0.2, 0) is 32.7 Å². The number of carbonyl (C=O) groups is 2. The van der Waals surface area contributed by atoms with E-state index >= 15 is 0 Å². The number of quaternary nitrogens is 1. The average Bonchev–Trinajstić information content (AvgIpc) is 0.915. The zero-order valence-corrected chi connectivity index (χ0v) is 70.1. The highest BCUT2D eigenvalue weighted by molar-refractivity contribution is 7.45. The third-order valence-corrected chi connectivity index (χ3v) is 20.7. The second-order valence-electron chi connectivity index (χ2n) is 31.2. The molecule has 0 aromatic carbocycles. The first-order valence-electron chi connectivity index (χ1n) is 44.6. The lowest BCUT2D eigenvalue weighted by Gasteiger charge is -2.28. The number of hydrogen-bond acceptors (Lipinski definition) is 8. The molecule has 604 valence electrons. The van der Waals surface area contributed by atoms with Crippen molar-refractivity contribution in [2.24, 2.45) is 0 Å². The van der Waals surface area contributed by atoms with Crippen LogP contribution in [0, 0.1) is 0 Å². The van der Waals surface area contributed by atoms with E-state index in [9.17, 15) is 19.0 Å². The summed E-state index contributed by atoms with van der Waals surface area (Å²) in [6.45, 7) is 4.17. The number of carbonyl (C=O) groups excluding carboxylic acids is 2. The topological polar surface area (TPSA) is 111 Å². The molecule has 0 heterocycles. The van der Waals surface area contributed by atoms with Gasteiger partial charge in [0.05, 0.1) is 27.7 Å². The Morgan fingerprint density at radius 1 is 0.308 bits per heavy atom. The maximum absolute atomic E-state index is 12.9. The van der Waals surface area contributed by atoms with E-state index in [0.717, 1.165) is 89.9 Å². The van der Waals surface area contributed by atoms with Crippen LogP contribution in [0.4, 0.5) is 0 Å². The minimum Gasteiger partial charge on any atom is -0.756 e. The number of esters is 2. The minimum atomic E-state index is -4.65. The van der Waals surface area contributed by atoms with Gasteiger partial charge in [0.15, 0.2) is 6.10 Å². The number of phosphoric ester groups is 1. The van der Waals surface area contributed by atoms with Crippen LogP contribution in [0.1, 0.15) is 425 Å². The number of unbranched alkanes of at least 4 members (excludes halogenated alkanes) is 51. The molecule has 0 amide bonds. The molecule has 0 radical (unpaired) electrons. The summed E-state index contributed by atoms with van der Waals surface area (Å²) in [4.78, 5) is 38.3. The summed E-state index contributed by atoms with van der Waals surface area (Å²) in [6.07, 6.45) is 120. The molecule has 0 bridgehead atoms. The molecular formula is C94H170NO8P. The highest BCUT2D eigenvalue weighted by atomic mass is 31.2. The van der Waals surface area contributed by atoms with Crippen molar-refractivity contribution in [2.45, 2.75) is 431 Å². The predicted molar refractivity (Wildman–Crippen MR) is 452 cm³/mol. The first-order chi connectivity index (χ1) is 51.0. The van der Waals surface area contributed by atoms with Crippen molar-refractivity contribution in [3.05, 3.63) is 109 Å². The Morgan fingerprint density at radius 2 is 0.548 bits per heavy atom. The van der Waals surface area contributed by atoms with Crippen LogP contribution in [0.15, 0.2) is 109 Å². The molecule has 0 rings (SSSR count). The third kappa shape index (κ3) is 87.6. The van der Waals surface area contributed by atoms with Crippen molar-refractivity contribution in [3.63, 3.8) is 0 Å². The lowest BCUT2D eigenvalue weighted by atomic mass is 10.0. The summed E-state index contributed by atoms with van der Waals surface area (Å²) in [7, 11) is 1.18. The molecule has 0 aromatic heterocycles. The maximum atomic E-state index is 12.9. The lowest BCUT2D eigenvalue weighted by molar-refractivity contribution is -0.870. The maximum Gasteiger partial charge on any atom is 0.306 e. The fourth-order valence-electron chi connectivity index (χ4n) is 13.0. The van der Waals surface area contributed by atoms with Gasteiger partial charge < -0.3 is 27.9 Å². The molecule has 0 N–H and O–H groups in total. The van der Waals surface area contributed by atoms with E-state index < -0.39 is 26.5 Å². The Morgan fingerprint density at radius 3 is 0.817 bits per heavy atom. The van der Waals surface area contributed by atoms with Gasteiger partial charge in [-0.3, -0.25) is 14.2 Å². The number of hydrogen-bond donors (Lipinski definition) is 0. The first-order valence-corrected chi connectivity index (χ1v) is 46.1. The van der Waals surface area contributed by atoms with Gasteiger partial charge in [-0.25, -0.2) is 0 Å². The Hall–Kier alpha value is -3.33. The van der Waals surface area contributed by atoms with E-state index in [1.54, 1.807) is 0 Å². The van der Waals surface area contributed by atoms with Crippen molar-refractivity contribution in [2.75, 3.05) is 47.5 Å². The second-order valence-corrected chi connectivity index (χ2v) is 32.6. The standard InChI is InChI=1S/C94H170NO8P/c1-6-8-10-12-14-16-18-20-22-24-26-28-30-32-34-36-38-40-42-44-46-47-49-50-52-54-56-58-60-62-64-66-68-70-72-74-76-78-80-82-84-86-93(96)100-90-92(91-102-104(98,99)101-89-88-95(3,4)5)103-94(97)87-85-83-81-79-77-75-73-71-69-67-65-63-61-59-57-55-53-51-48-45-43-41-39-37-35-33-31-29-27-25-23-21-19-17-15-13-11-9-7-2/h9,11,15,17-18,20-21,23-24,26-27,29,33,35,39,41,45,48,92H,6-8,10,12-14,16,19,22,25,28,30-32,34,36-38,40,42-44,46-47,49-91H2,1-5H3/b11-9-,17-15-,20-18-,23-21-,26-24-,29-27-,35-33-,41-39-,48-45-. The minimum absolute atomic E-state index is 0.0310. The highest BCUT2D eigenvalue weighted by Crippen LogP contribution is 2.38. The molecule has 10 heteroatoms. The Bertz CT molecular complexity index is 2130. The molecule has 0 saturated heterocycles. The molecule has 0 aliphatic rings. The fraction of sp³-hybridized carbons (Fsp3) is 0.787. The van der Waals surface area contributed by atoms with Crippen LogP contribution in [-0.4, -0.2) is 70.0 Å². The van der Waals surface area contributed by atoms with Gasteiger partial charge >= 0.3 is 11.9 Å². The summed E-state index contributed by atoms with van der Waals surface area (Å²) < 4.78 is 34.5. The quantitative estimate of drug-likeness (QED) is 0.0195. The molecular weight excluding hydrogens is 1300 g/mol. The molecule has 2 atom stereocenters. The number of nitrogens with zero attached hydrogens (tertiary/aromatic N) is 1. The van der Waals surface area contributed by atoms with Gasteiger partial charge in [0, 0.05) is 12.8 Å². The largest absolute Gasteiger partial charge is 0.756 e. The summed E-state index contributed by atoms with van der Waals surface area (Å²) in [5.41, 5.74) is 0. The van der Waals surface area contributed by atoms with Gasteiger partial charge in [0.2, 0.25) is 0 Å². The molecule has 0 fully saturated rings. The zero-order valence-electron chi connectivity index (χ0n) is 69.2. The van der Waals surface area contributed by atoms with Crippen LogP contribution >= 0.6 is 7.82 Å². The van der Waals surface area contributed by atoms with Crippen LogP contribution in [0.25, 0.3) is 0 Å². The second kappa shape index (κ2) is 83.7. The third-order valence-electron chi connectivity index (χ3n) is 19.8. The normalized spacial score (nSPS) is 13.5. The average molecular weight is 1470 g/mol. The Kier molecular flexibility index (Phi) is 81.0. The summed E-state index contributed by atoms with van der Waals surface area (Å²) in [5.74, 6) is -0.814. The van der Waals surface area contributed by atoms with Crippen molar-refractivity contribution >= 4 is 19.8 Å². The lowest BCUT2D eigenvalue weighted by Crippen LogP contribution is -2.37. The van der Waals surface area contributed by atoms with Crippen molar-refractivity contribution in [3.8, 4) is 0 Å². The van der Waals surface area contributed by atoms with E-state index in [0.29, 0.717) is 17.4 Å². The van der Waals surface area contributed by atoms with Gasteiger partial charge in [0.25, 0.3) is 7.82 Å². The SMILES string of the molecule is CC/C=C\C/C=C\C/C=C\C/C=C\C/C=C\C/C=C\C/C=C\CCCCCCCCCCCCCCCCCCCC(=O)OC(COC(=O)CCCCCCCCCCCCCCCCCCCCCCCCCCCCCCC/C=C\C/C=C\CCCCCCC)COP(=O)([O-])OCC[N+](C)(C)C. The molecule has 0 aliphatic heterocycles. The molecule has 104 heavy (non-hydrogen) atoms. The monoisotopic (exact) mass is 1470 g/mol. The summed E-state index contributed by atoms with van der Waals surface area (Å²) >= 11 is 0. The first kappa shape index (κ1) is 101. The summed E-state index contributed by atoms with van der Waals surface area (Å²) in [6, 6.07) is 0. The molecule has 0 aromatic rings. The number of rotatable bonds is 83. The van der Waals surface area contributed by atoms with E-state index in [-0.39, 0.29) is 32.0 Å². The molecule has 0 aliphatic carbocycles. The van der Waals surface area contributed by atoms with E-state index in [1.807, 2.05) is 21.1 Å². The zero-order chi connectivity index (χ0) is 75.4. The van der Waals surface area contributed by atoms with Crippen LogP contribution in [0.2, 0.25) is 0 Å². The summed E-state index contributed by atoms with van der Waals surface area (Å²) in [5, 5.41) is 0. The fourth-order valence-corrected chi connectivity index (χ4v) is 13.8. The van der Waals surface area contributed by atoms with Gasteiger partial charge in [-0.05, 0) is 103 Å². The van der Waals surface area contributed by atoms with E-state index in [2.05, 4.69) is 123 Å². The van der Waals surface area contributed by atoms with Crippen molar-refractivity contribution in [1.82, 2.24) is 0 Å². The highest BCUT2D eigenvalue weighted by Gasteiger charge is 2.22. The number of ether oxygens (including phenoxy) is 2. The van der Waals surface area contributed by atoms with Crippen LogP contribution in [0.5, 0.6) is 0 Å². The number of allylic oxidation sites excluding steroid dienone is 18. The van der Waals surface area contributed by atoms with Crippen LogP contribution < -0.4 is 4.89 Å². The van der Waals surface area contributed by atoms with E-state index in [1.165, 1.54) is 302 Å². The van der Waals surface area contributed by atoms with Gasteiger partial charge in [0.1, 0.15) is 19.8 Å². The molecule has 0 saturated carbocycles.